The van der Waals surface area contributed by atoms with E-state index in [0.717, 1.165) is 0 Å². The number of hydrogen-bond acceptors (Lipinski definition) is 5. The number of aryl methyl sites for hydroxylation is 1. The van der Waals surface area contributed by atoms with Crippen LogP contribution in [0.5, 0.6) is 0 Å². The number of rotatable bonds is 1. The van der Waals surface area contributed by atoms with Crippen molar-refractivity contribution in [1.82, 2.24) is 15.0 Å². The van der Waals surface area contributed by atoms with Gasteiger partial charge in [-0.2, -0.15) is 0 Å². The molecular formula is C7H7N5O2. The Morgan fingerprint density at radius 3 is 2.93 bits per heavy atom. The maximum absolute atomic E-state index is 10.5. The number of aromatic nitrogens is 3. The van der Waals surface area contributed by atoms with Gasteiger partial charge >= 0.3 is 0 Å². The molecule has 0 atom stereocenters. The van der Waals surface area contributed by atoms with Crippen molar-refractivity contribution >= 4 is 22.4 Å². The monoisotopic (exact) mass is 193 g/mol. The van der Waals surface area contributed by atoms with Gasteiger partial charge in [-0.15, -0.1) is 5.10 Å². The first-order valence-corrected chi connectivity index (χ1v) is 3.83. The van der Waals surface area contributed by atoms with E-state index in [2.05, 4.69) is 10.3 Å². The minimum atomic E-state index is -0.497. The van der Waals surface area contributed by atoms with E-state index >= 15 is 0 Å². The van der Waals surface area contributed by atoms with Gasteiger partial charge in [-0.1, -0.05) is 5.21 Å². The third kappa shape index (κ3) is 1.06. The smallest absolute Gasteiger partial charge is 0.273 e. The molecule has 0 aliphatic heterocycles. The highest BCUT2D eigenvalue weighted by Crippen LogP contribution is 2.24. The number of hydrogen-bond donors (Lipinski definition) is 1. The quantitative estimate of drug-likeness (QED) is 0.402. The van der Waals surface area contributed by atoms with Crippen molar-refractivity contribution in [2.75, 3.05) is 5.73 Å². The van der Waals surface area contributed by atoms with Crippen LogP contribution in [-0.2, 0) is 7.05 Å². The maximum atomic E-state index is 10.5. The van der Waals surface area contributed by atoms with Gasteiger partial charge in [-0.05, 0) is 0 Å². The van der Waals surface area contributed by atoms with E-state index in [4.69, 9.17) is 5.73 Å². The Hall–Kier alpha value is -2.18. The van der Waals surface area contributed by atoms with Crippen molar-refractivity contribution in [2.24, 2.45) is 7.05 Å². The van der Waals surface area contributed by atoms with Crippen LogP contribution >= 0.6 is 0 Å². The predicted molar refractivity (Wildman–Crippen MR) is 49.6 cm³/mol. The molecule has 0 amide bonds. The van der Waals surface area contributed by atoms with Gasteiger partial charge in [0.15, 0.2) is 0 Å². The Labute approximate surface area is 78.3 Å². The molecule has 0 saturated heterocycles. The lowest BCUT2D eigenvalue weighted by Gasteiger charge is -1.96. The van der Waals surface area contributed by atoms with Crippen molar-refractivity contribution < 1.29 is 4.92 Å². The Morgan fingerprint density at radius 2 is 2.29 bits per heavy atom. The Balaban J connectivity index is 2.82. The zero-order valence-corrected chi connectivity index (χ0v) is 7.34. The van der Waals surface area contributed by atoms with Crippen LogP contribution in [0.1, 0.15) is 0 Å². The summed E-state index contributed by atoms with van der Waals surface area (Å²) in [4.78, 5) is 10.0. The average Bonchev–Trinajstić information content (AvgIpc) is 2.48. The van der Waals surface area contributed by atoms with Crippen LogP contribution in [-0.4, -0.2) is 19.9 Å². The Kier molecular flexibility index (Phi) is 1.60. The van der Waals surface area contributed by atoms with Gasteiger partial charge in [0.25, 0.3) is 5.69 Å². The first-order chi connectivity index (χ1) is 6.59. The van der Waals surface area contributed by atoms with Gasteiger partial charge in [-0.25, -0.2) is 4.68 Å². The molecule has 7 nitrogen and oxygen atoms in total. The molecular weight excluding hydrogens is 186 g/mol. The molecule has 0 bridgehead atoms. The summed E-state index contributed by atoms with van der Waals surface area (Å²) in [6.45, 7) is 0. The van der Waals surface area contributed by atoms with Gasteiger partial charge < -0.3 is 5.73 Å². The predicted octanol–water partition coefficient (Wildman–Crippen LogP) is 0.459. The van der Waals surface area contributed by atoms with Crippen molar-refractivity contribution in [3.63, 3.8) is 0 Å². The summed E-state index contributed by atoms with van der Waals surface area (Å²) < 4.78 is 1.44. The van der Waals surface area contributed by atoms with Crippen LogP contribution in [0.3, 0.4) is 0 Å². The first-order valence-electron chi connectivity index (χ1n) is 3.83. The Bertz CT molecular complexity index is 518. The van der Waals surface area contributed by atoms with Crippen molar-refractivity contribution in [3.05, 3.63) is 22.2 Å². The third-order valence-corrected chi connectivity index (χ3v) is 1.94. The van der Waals surface area contributed by atoms with Crippen LogP contribution in [0, 0.1) is 10.1 Å². The summed E-state index contributed by atoms with van der Waals surface area (Å²) in [5.74, 6) is 0. The maximum Gasteiger partial charge on any atom is 0.273 e. The molecule has 0 saturated carbocycles. The molecule has 0 unspecified atom stereocenters. The summed E-state index contributed by atoms with van der Waals surface area (Å²) >= 11 is 0. The van der Waals surface area contributed by atoms with E-state index in [9.17, 15) is 10.1 Å². The van der Waals surface area contributed by atoms with Gasteiger partial charge in [0.2, 0.25) is 0 Å². The number of nitrogen functional groups attached to an aromatic ring is 1. The lowest BCUT2D eigenvalue weighted by Crippen LogP contribution is -1.94. The lowest BCUT2D eigenvalue weighted by molar-refractivity contribution is -0.384. The molecule has 1 aromatic heterocycles. The van der Waals surface area contributed by atoms with Crippen LogP contribution < -0.4 is 5.73 Å². The Morgan fingerprint density at radius 1 is 1.57 bits per heavy atom. The van der Waals surface area contributed by atoms with E-state index in [0.29, 0.717) is 11.0 Å². The van der Waals surface area contributed by atoms with Gasteiger partial charge in [0, 0.05) is 19.2 Å². The van der Waals surface area contributed by atoms with Crippen LogP contribution in [0.4, 0.5) is 11.4 Å². The SMILES string of the molecule is Cn1nnc2c(N)cc([N+](=O)[O-])cc21. The highest BCUT2D eigenvalue weighted by molar-refractivity contribution is 5.88. The van der Waals surface area contributed by atoms with Crippen LogP contribution in [0.15, 0.2) is 12.1 Å². The van der Waals surface area contributed by atoms with E-state index in [1.165, 1.54) is 16.8 Å². The number of nitro groups is 1. The molecule has 0 radical (unpaired) electrons. The normalized spacial score (nSPS) is 10.6. The third-order valence-electron chi connectivity index (χ3n) is 1.94. The molecule has 2 aromatic rings. The van der Waals surface area contributed by atoms with Crippen molar-refractivity contribution in [3.8, 4) is 0 Å². The van der Waals surface area contributed by atoms with Crippen molar-refractivity contribution in [1.29, 1.82) is 0 Å². The number of nitrogens with two attached hydrogens (primary N) is 1. The van der Waals surface area contributed by atoms with E-state index in [-0.39, 0.29) is 11.4 Å². The summed E-state index contributed by atoms with van der Waals surface area (Å²) in [7, 11) is 1.65. The fraction of sp³-hybridized carbons (Fsp3) is 0.143. The number of anilines is 1. The zero-order valence-electron chi connectivity index (χ0n) is 7.34. The second-order valence-corrected chi connectivity index (χ2v) is 2.87. The van der Waals surface area contributed by atoms with E-state index < -0.39 is 4.92 Å². The molecule has 1 aromatic carbocycles. The van der Waals surface area contributed by atoms with E-state index in [1.54, 1.807) is 7.05 Å². The van der Waals surface area contributed by atoms with Gasteiger partial charge in [-0.3, -0.25) is 10.1 Å². The number of nitrogens with zero attached hydrogens (tertiary/aromatic N) is 4. The second-order valence-electron chi connectivity index (χ2n) is 2.87. The number of fused-ring (bicyclic) bond motifs is 1. The standard InChI is InChI=1S/C7H7N5O2/c1-11-6-3-4(12(13)14)2-5(8)7(6)9-10-11/h2-3H,8H2,1H3. The minimum Gasteiger partial charge on any atom is -0.397 e. The number of non-ortho nitro benzene ring substituents is 1. The largest absolute Gasteiger partial charge is 0.397 e. The zero-order chi connectivity index (χ0) is 10.3. The molecule has 0 aliphatic carbocycles. The highest BCUT2D eigenvalue weighted by Gasteiger charge is 2.13. The van der Waals surface area contributed by atoms with Gasteiger partial charge in [0.1, 0.15) is 5.52 Å². The molecule has 14 heavy (non-hydrogen) atoms. The molecule has 1 heterocycles. The molecule has 0 aliphatic rings. The lowest BCUT2D eigenvalue weighted by atomic mass is 10.2. The minimum absolute atomic E-state index is 0.0552. The topological polar surface area (TPSA) is 99.9 Å². The molecule has 2 N–H and O–H groups in total. The van der Waals surface area contributed by atoms with Crippen LogP contribution in [0.25, 0.3) is 11.0 Å². The van der Waals surface area contributed by atoms with Crippen molar-refractivity contribution in [2.45, 2.75) is 0 Å². The average molecular weight is 193 g/mol. The number of benzene rings is 1. The molecule has 0 spiro atoms. The summed E-state index contributed by atoms with van der Waals surface area (Å²) in [5.41, 5.74) is 6.84. The summed E-state index contributed by atoms with van der Waals surface area (Å²) in [5, 5.41) is 18.0. The fourth-order valence-electron chi connectivity index (χ4n) is 1.25. The number of nitro benzene ring substituents is 1. The summed E-state index contributed by atoms with van der Waals surface area (Å²) in [6, 6.07) is 2.67. The molecule has 72 valence electrons. The van der Waals surface area contributed by atoms with Gasteiger partial charge in [0.05, 0.1) is 16.1 Å². The molecule has 7 heteroatoms. The summed E-state index contributed by atoms with van der Waals surface area (Å²) in [6.07, 6.45) is 0. The molecule has 0 fully saturated rings. The second kappa shape index (κ2) is 2.66. The van der Waals surface area contributed by atoms with E-state index in [1.807, 2.05) is 0 Å². The van der Waals surface area contributed by atoms with Crippen LogP contribution in [0.2, 0.25) is 0 Å². The highest BCUT2D eigenvalue weighted by atomic mass is 16.6. The first kappa shape index (κ1) is 8.42. The molecule has 2 rings (SSSR count). The fourth-order valence-corrected chi connectivity index (χ4v) is 1.25.